The molecule has 6 aromatic carbocycles. The third-order valence-electron chi connectivity index (χ3n) is 10.7. The molecule has 0 heterocycles. The zero-order valence-electron chi connectivity index (χ0n) is 37.5. The van der Waals surface area contributed by atoms with Gasteiger partial charge < -0.3 is 63.8 Å². The molecule has 19 nitrogen and oxygen atoms in total. The van der Waals surface area contributed by atoms with Gasteiger partial charge in [-0.1, -0.05) is 0 Å². The Balaban J connectivity index is 1.38. The van der Waals surface area contributed by atoms with Crippen LogP contribution in [0.15, 0.2) is 146 Å². The van der Waals surface area contributed by atoms with Crippen LogP contribution < -0.4 is 28.4 Å². The Kier molecular flexibility index (Phi) is 17.2. The van der Waals surface area contributed by atoms with Crippen molar-refractivity contribution in [2.75, 3.05) is 52.9 Å². The summed E-state index contributed by atoms with van der Waals surface area (Å²) in [5, 5.41) is 57.0. The molecule has 0 fully saturated rings. The Morgan fingerprint density at radius 1 is 0.254 bits per heavy atom. The highest BCUT2D eigenvalue weighted by atomic mass is 16.5. The minimum absolute atomic E-state index is 0.00436. The van der Waals surface area contributed by atoms with Crippen LogP contribution in [0.5, 0.6) is 34.5 Å². The normalized spacial score (nSPS) is 11.2. The van der Waals surface area contributed by atoms with Crippen molar-refractivity contribution in [3.8, 4) is 34.5 Å². The molecule has 0 radical (unpaired) electrons. The second-order valence-corrected chi connectivity index (χ2v) is 16.2. The number of ether oxygens (including phenoxy) is 7. The van der Waals surface area contributed by atoms with Gasteiger partial charge in [0.05, 0.1) is 57.4 Å². The number of rotatable bonds is 28. The summed E-state index contributed by atoms with van der Waals surface area (Å²) < 4.78 is 44.3. The molecule has 0 aliphatic heterocycles. The van der Waals surface area contributed by atoms with Gasteiger partial charge in [-0.05, 0) is 146 Å². The SMILES string of the molecule is O=C(O)c1ccc(OCC(COCC(COc2ccc(C(=O)O)cc2)(COc2ccc(C(=O)O)cc2)COc2ccc(C(=O)O)cc2)(COc2ccc(C(=O)O)cc2)COc2ccc(C(=O)O)cc2)cc1. The van der Waals surface area contributed by atoms with Gasteiger partial charge in [0.1, 0.15) is 74.1 Å². The van der Waals surface area contributed by atoms with Gasteiger partial charge in [0.25, 0.3) is 0 Å². The van der Waals surface area contributed by atoms with Gasteiger partial charge in [-0.3, -0.25) is 0 Å². The van der Waals surface area contributed by atoms with Gasteiger partial charge in [0.15, 0.2) is 0 Å². The Hall–Kier alpha value is -9.10. The van der Waals surface area contributed by atoms with Crippen LogP contribution in [0.2, 0.25) is 0 Å². The summed E-state index contributed by atoms with van der Waals surface area (Å²) >= 11 is 0. The minimum Gasteiger partial charge on any atom is -0.493 e. The first-order valence-corrected chi connectivity index (χ1v) is 21.4. The molecule has 0 aromatic heterocycles. The van der Waals surface area contributed by atoms with Gasteiger partial charge in [-0.2, -0.15) is 0 Å². The van der Waals surface area contributed by atoms with E-state index in [9.17, 15) is 59.4 Å². The molecule has 0 aliphatic rings. The first-order valence-electron chi connectivity index (χ1n) is 21.4. The van der Waals surface area contributed by atoms with Crippen molar-refractivity contribution in [1.82, 2.24) is 0 Å². The first kappa shape index (κ1) is 51.3. The lowest BCUT2D eigenvalue weighted by Gasteiger charge is -2.36. The summed E-state index contributed by atoms with van der Waals surface area (Å²) in [4.78, 5) is 69.8. The quantitative estimate of drug-likeness (QED) is 0.0275. The minimum atomic E-state index is -1.32. The predicted octanol–water partition coefficient (Wildman–Crippen LogP) is 7.64. The summed E-state index contributed by atoms with van der Waals surface area (Å²) in [5.74, 6) is -5.37. The summed E-state index contributed by atoms with van der Waals surface area (Å²) in [6, 6.07) is 33.7. The van der Waals surface area contributed by atoms with Crippen molar-refractivity contribution < 1.29 is 92.6 Å². The Morgan fingerprint density at radius 2 is 0.394 bits per heavy atom. The maximum absolute atomic E-state index is 11.6. The highest BCUT2D eigenvalue weighted by molar-refractivity contribution is 5.90. The Bertz CT molecular complexity index is 2280. The highest BCUT2D eigenvalue weighted by Gasteiger charge is 2.39. The molecular formula is C52H46O19. The molecule has 0 spiro atoms. The molecule has 0 saturated heterocycles. The van der Waals surface area contributed by atoms with Crippen LogP contribution in [0.1, 0.15) is 62.1 Å². The maximum atomic E-state index is 11.6. The molecule has 6 rings (SSSR count). The zero-order valence-corrected chi connectivity index (χ0v) is 37.5. The maximum Gasteiger partial charge on any atom is 0.335 e. The van der Waals surface area contributed by atoms with Gasteiger partial charge in [0, 0.05) is 0 Å². The van der Waals surface area contributed by atoms with Gasteiger partial charge in [-0.15, -0.1) is 0 Å². The topological polar surface area (TPSA) is 288 Å². The Morgan fingerprint density at radius 3 is 0.521 bits per heavy atom. The Labute approximate surface area is 404 Å². The van der Waals surface area contributed by atoms with Crippen LogP contribution in [-0.4, -0.2) is 119 Å². The fourth-order valence-corrected chi connectivity index (χ4v) is 6.57. The third kappa shape index (κ3) is 14.9. The van der Waals surface area contributed by atoms with Crippen LogP contribution in [0.4, 0.5) is 0 Å². The predicted molar refractivity (Wildman–Crippen MR) is 249 cm³/mol. The van der Waals surface area contributed by atoms with E-state index in [1.807, 2.05) is 0 Å². The molecule has 0 amide bonds. The van der Waals surface area contributed by atoms with Crippen molar-refractivity contribution in [2.45, 2.75) is 0 Å². The molecular weight excluding hydrogens is 929 g/mol. The van der Waals surface area contributed by atoms with E-state index in [0.717, 1.165) is 0 Å². The van der Waals surface area contributed by atoms with Crippen molar-refractivity contribution in [3.05, 3.63) is 179 Å². The lowest BCUT2D eigenvalue weighted by molar-refractivity contribution is -0.0870. The van der Waals surface area contributed by atoms with E-state index in [2.05, 4.69) is 0 Å². The average molecular weight is 975 g/mol. The number of carboxylic acids is 6. The molecule has 6 N–H and O–H groups in total. The summed E-state index contributed by atoms with van der Waals surface area (Å²) in [6.07, 6.45) is 0. The van der Waals surface area contributed by atoms with Crippen molar-refractivity contribution in [2.24, 2.45) is 10.8 Å². The molecule has 0 bridgehead atoms. The lowest BCUT2D eigenvalue weighted by Crippen LogP contribution is -2.48. The number of hydrogen-bond donors (Lipinski definition) is 6. The molecule has 6 aromatic rings. The van der Waals surface area contributed by atoms with Crippen LogP contribution in [0.25, 0.3) is 0 Å². The van der Waals surface area contributed by atoms with Gasteiger partial charge in [0.2, 0.25) is 0 Å². The van der Waals surface area contributed by atoms with Gasteiger partial charge in [-0.25, -0.2) is 28.8 Å². The molecule has 0 atom stereocenters. The van der Waals surface area contributed by atoms with Gasteiger partial charge >= 0.3 is 35.8 Å². The zero-order chi connectivity index (χ0) is 51.0. The molecule has 0 aliphatic carbocycles. The monoisotopic (exact) mass is 974 g/mol. The smallest absolute Gasteiger partial charge is 0.335 e. The van der Waals surface area contributed by atoms with E-state index < -0.39 is 46.6 Å². The third-order valence-corrected chi connectivity index (χ3v) is 10.7. The lowest BCUT2D eigenvalue weighted by atomic mass is 9.90. The van der Waals surface area contributed by atoms with E-state index in [-0.39, 0.29) is 121 Å². The van der Waals surface area contributed by atoms with E-state index in [1.165, 1.54) is 146 Å². The van der Waals surface area contributed by atoms with Crippen LogP contribution >= 0.6 is 0 Å². The molecule has 368 valence electrons. The van der Waals surface area contributed by atoms with Crippen molar-refractivity contribution in [3.63, 3.8) is 0 Å². The molecule has 0 saturated carbocycles. The fourth-order valence-electron chi connectivity index (χ4n) is 6.57. The highest BCUT2D eigenvalue weighted by Crippen LogP contribution is 2.31. The summed E-state index contributed by atoms with van der Waals surface area (Å²) in [5.41, 5.74) is -2.61. The second kappa shape index (κ2) is 23.8. The number of aromatic carboxylic acids is 6. The number of carbonyl (C=O) groups is 6. The number of hydrogen-bond acceptors (Lipinski definition) is 13. The molecule has 0 unspecified atom stereocenters. The number of benzene rings is 6. The second-order valence-electron chi connectivity index (χ2n) is 16.2. The van der Waals surface area contributed by atoms with Crippen LogP contribution in [0, 0.1) is 10.8 Å². The van der Waals surface area contributed by atoms with Crippen LogP contribution in [0.3, 0.4) is 0 Å². The van der Waals surface area contributed by atoms with E-state index in [1.54, 1.807) is 0 Å². The molecule has 71 heavy (non-hydrogen) atoms. The first-order chi connectivity index (χ1) is 34.0. The van der Waals surface area contributed by atoms with E-state index >= 15 is 0 Å². The van der Waals surface area contributed by atoms with E-state index in [0.29, 0.717) is 0 Å². The van der Waals surface area contributed by atoms with E-state index in [4.69, 9.17) is 33.2 Å². The van der Waals surface area contributed by atoms with Crippen molar-refractivity contribution in [1.29, 1.82) is 0 Å². The largest absolute Gasteiger partial charge is 0.493 e. The number of carboxylic acid groups (broad SMARTS) is 6. The average Bonchev–Trinajstić information content (AvgIpc) is 3.37. The van der Waals surface area contributed by atoms with Crippen LogP contribution in [-0.2, 0) is 4.74 Å². The summed E-state index contributed by atoms with van der Waals surface area (Å²) in [6.45, 7) is -1.85. The molecule has 19 heteroatoms. The summed E-state index contributed by atoms with van der Waals surface area (Å²) in [7, 11) is 0. The van der Waals surface area contributed by atoms with Crippen molar-refractivity contribution >= 4 is 35.8 Å². The standard InChI is InChI=1S/C52H46O19/c53-45(54)33-1-13-39(14-2-33)66-27-51(28-67-40-15-3-34(4-16-40)46(55)56,29-68-41-17-5-35(6-18-41)47(57)58)25-65-26-52(30-69-42-19-7-36(8-20-42)48(59)60,31-70-43-21-9-37(10-22-43)49(61)62)32-71-44-23-11-38(12-24-44)50(63)64/h1-24H,25-32H2,(H,53,54)(H,55,56)(H,57,58)(H,59,60)(H,61,62)(H,63,64). The fraction of sp³-hybridized carbons (Fsp3) is 0.192.